The first-order valence-electron chi connectivity index (χ1n) is 11.5. The third-order valence-corrected chi connectivity index (χ3v) is 6.42. The second kappa shape index (κ2) is 8.07. The molecule has 174 valence electrons. The van der Waals surface area contributed by atoms with Crippen LogP contribution in [0.2, 0.25) is 0 Å². The minimum atomic E-state index is -0.233. The molecule has 0 aliphatic carbocycles. The van der Waals surface area contributed by atoms with Crippen molar-refractivity contribution in [1.82, 2.24) is 14.4 Å². The Morgan fingerprint density at radius 1 is 1.00 bits per heavy atom. The fourth-order valence-electron chi connectivity index (χ4n) is 4.68. The Morgan fingerprint density at radius 2 is 1.83 bits per heavy atom. The van der Waals surface area contributed by atoms with Gasteiger partial charge in [-0.15, -0.1) is 0 Å². The number of hydrogen-bond acceptors (Lipinski definition) is 6. The number of oxazole rings is 1. The van der Waals surface area contributed by atoms with Crippen molar-refractivity contribution in [2.45, 2.75) is 20.8 Å². The van der Waals surface area contributed by atoms with E-state index in [0.29, 0.717) is 38.9 Å². The summed E-state index contributed by atoms with van der Waals surface area (Å²) in [6.07, 6.45) is 1.64. The zero-order valence-electron chi connectivity index (χ0n) is 20.0. The molecular formula is C29H21N5O2. The van der Waals surface area contributed by atoms with Crippen molar-refractivity contribution >= 4 is 39.7 Å². The number of anilines is 1. The standard InChI is InChI=1S/C29H21N5O2/c1-16-11-17(2)26-24(12-16)33-28(36-26)19-7-6-8-20(13-19)31-15-22-18(3)21(14-30)27-32-23-9-4-5-10-25(23)34(27)29(22)35/h4-13,15,31H,1-3H3/b22-15+. The Balaban J connectivity index is 1.45. The number of nitrogens with zero attached hydrogens (tertiary/aromatic N) is 4. The SMILES string of the molecule is Cc1cc(C)c2oc(-c3cccc(N/C=c4\c(C)c(C#N)c5nc6ccccc6n5c4=O)c3)nc2c1. The number of imidazole rings is 1. The highest BCUT2D eigenvalue weighted by molar-refractivity contribution is 5.83. The topological polar surface area (TPSA) is 96.2 Å². The van der Waals surface area contributed by atoms with Gasteiger partial charge in [-0.05, 0) is 73.9 Å². The molecule has 0 atom stereocenters. The molecule has 0 aliphatic heterocycles. The number of rotatable bonds is 3. The summed E-state index contributed by atoms with van der Waals surface area (Å²) in [7, 11) is 0. The van der Waals surface area contributed by atoms with Crippen molar-refractivity contribution in [2.75, 3.05) is 5.32 Å². The molecule has 36 heavy (non-hydrogen) atoms. The van der Waals surface area contributed by atoms with E-state index >= 15 is 0 Å². The number of aryl methyl sites for hydroxylation is 2. The van der Waals surface area contributed by atoms with Gasteiger partial charge < -0.3 is 9.73 Å². The first-order valence-corrected chi connectivity index (χ1v) is 11.5. The average Bonchev–Trinajstić information content (AvgIpc) is 3.46. The zero-order valence-corrected chi connectivity index (χ0v) is 20.0. The van der Waals surface area contributed by atoms with E-state index in [1.165, 1.54) is 4.40 Å². The maximum absolute atomic E-state index is 13.5. The number of nitrogens with one attached hydrogen (secondary N) is 1. The van der Waals surface area contributed by atoms with Gasteiger partial charge in [-0.25, -0.2) is 9.97 Å². The Morgan fingerprint density at radius 3 is 2.67 bits per heavy atom. The number of hydrogen-bond donors (Lipinski definition) is 1. The van der Waals surface area contributed by atoms with Gasteiger partial charge in [-0.1, -0.05) is 24.3 Å². The first kappa shape index (κ1) is 21.6. The quantitative estimate of drug-likeness (QED) is 0.389. The lowest BCUT2D eigenvalue weighted by molar-refractivity contribution is 0.617. The van der Waals surface area contributed by atoms with Gasteiger partial charge in [0.05, 0.1) is 21.8 Å². The lowest BCUT2D eigenvalue weighted by Crippen LogP contribution is -2.34. The van der Waals surface area contributed by atoms with Crippen LogP contribution in [-0.4, -0.2) is 14.4 Å². The predicted octanol–water partition coefficient (Wildman–Crippen LogP) is 5.02. The highest BCUT2D eigenvalue weighted by Crippen LogP contribution is 2.28. The van der Waals surface area contributed by atoms with Gasteiger partial charge in [0.15, 0.2) is 11.2 Å². The zero-order chi connectivity index (χ0) is 25.0. The average molecular weight is 472 g/mol. The summed E-state index contributed by atoms with van der Waals surface area (Å²) in [5.41, 5.74) is 7.80. The smallest absolute Gasteiger partial charge is 0.265 e. The van der Waals surface area contributed by atoms with Crippen LogP contribution in [-0.2, 0) is 0 Å². The lowest BCUT2D eigenvalue weighted by Gasteiger charge is -2.05. The molecule has 0 saturated heterocycles. The second-order valence-corrected chi connectivity index (χ2v) is 8.91. The molecule has 1 N–H and O–H groups in total. The summed E-state index contributed by atoms with van der Waals surface area (Å²) in [6.45, 7) is 5.82. The third-order valence-electron chi connectivity index (χ3n) is 6.42. The van der Waals surface area contributed by atoms with Crippen molar-refractivity contribution in [3.63, 3.8) is 0 Å². The van der Waals surface area contributed by atoms with E-state index in [4.69, 9.17) is 4.42 Å². The highest BCUT2D eigenvalue weighted by atomic mass is 16.3. The van der Waals surface area contributed by atoms with Crippen LogP contribution in [0.5, 0.6) is 0 Å². The number of nitriles is 1. The summed E-state index contributed by atoms with van der Waals surface area (Å²) in [5, 5.41) is 13.5. The monoisotopic (exact) mass is 471 g/mol. The number of pyridine rings is 1. The Labute approximate surface area is 205 Å². The molecule has 0 spiro atoms. The van der Waals surface area contributed by atoms with Crippen LogP contribution in [0.15, 0.2) is 69.9 Å². The van der Waals surface area contributed by atoms with E-state index in [1.807, 2.05) is 68.4 Å². The van der Waals surface area contributed by atoms with Gasteiger partial charge in [-0.3, -0.25) is 9.20 Å². The molecule has 0 bridgehead atoms. The molecule has 7 nitrogen and oxygen atoms in total. The Hall–Kier alpha value is -4.96. The fourth-order valence-corrected chi connectivity index (χ4v) is 4.68. The highest BCUT2D eigenvalue weighted by Gasteiger charge is 2.16. The molecule has 0 amide bonds. The fraction of sp³-hybridized carbons (Fsp3) is 0.103. The molecule has 0 aliphatic rings. The van der Waals surface area contributed by atoms with Crippen molar-refractivity contribution in [3.05, 3.63) is 98.5 Å². The number of aromatic nitrogens is 3. The molecule has 7 heteroatoms. The van der Waals surface area contributed by atoms with Gasteiger partial charge in [-0.2, -0.15) is 5.26 Å². The third kappa shape index (κ3) is 3.31. The van der Waals surface area contributed by atoms with Crippen molar-refractivity contribution < 1.29 is 4.42 Å². The van der Waals surface area contributed by atoms with Crippen LogP contribution in [0.1, 0.15) is 22.3 Å². The minimum Gasteiger partial charge on any atom is -0.436 e. The Bertz CT molecular complexity index is 1990. The first-order chi connectivity index (χ1) is 17.4. The molecule has 0 fully saturated rings. The van der Waals surface area contributed by atoms with E-state index in [-0.39, 0.29) is 5.56 Å². The van der Waals surface area contributed by atoms with Crippen LogP contribution in [0.25, 0.3) is 45.4 Å². The van der Waals surface area contributed by atoms with E-state index in [1.54, 1.807) is 13.1 Å². The summed E-state index contributed by atoms with van der Waals surface area (Å²) in [5.74, 6) is 0.529. The normalized spacial score (nSPS) is 12.0. The number of fused-ring (bicyclic) bond motifs is 4. The van der Waals surface area contributed by atoms with Crippen molar-refractivity contribution in [3.8, 4) is 17.5 Å². The van der Waals surface area contributed by atoms with Crippen LogP contribution in [0.3, 0.4) is 0 Å². The van der Waals surface area contributed by atoms with E-state index in [2.05, 4.69) is 27.4 Å². The largest absolute Gasteiger partial charge is 0.436 e. The van der Waals surface area contributed by atoms with E-state index in [0.717, 1.165) is 33.5 Å². The molecule has 6 rings (SSSR count). The molecule has 6 aromatic rings. The summed E-state index contributed by atoms with van der Waals surface area (Å²) in [6, 6.07) is 21.3. The number of para-hydroxylation sites is 2. The van der Waals surface area contributed by atoms with Gasteiger partial charge in [0.2, 0.25) is 5.89 Å². The maximum atomic E-state index is 13.5. The van der Waals surface area contributed by atoms with Gasteiger partial charge in [0.25, 0.3) is 5.56 Å². The van der Waals surface area contributed by atoms with Crippen LogP contribution in [0.4, 0.5) is 5.69 Å². The van der Waals surface area contributed by atoms with Gasteiger partial charge >= 0.3 is 0 Å². The van der Waals surface area contributed by atoms with Gasteiger partial charge in [0.1, 0.15) is 11.6 Å². The molecular weight excluding hydrogens is 450 g/mol. The summed E-state index contributed by atoms with van der Waals surface area (Å²) < 4.78 is 7.57. The van der Waals surface area contributed by atoms with Crippen LogP contribution < -0.4 is 16.1 Å². The summed E-state index contributed by atoms with van der Waals surface area (Å²) >= 11 is 0. The van der Waals surface area contributed by atoms with E-state index in [9.17, 15) is 10.1 Å². The molecule has 0 unspecified atom stereocenters. The second-order valence-electron chi connectivity index (χ2n) is 8.91. The summed E-state index contributed by atoms with van der Waals surface area (Å²) in [4.78, 5) is 22.7. The van der Waals surface area contributed by atoms with E-state index < -0.39 is 0 Å². The Kier molecular flexibility index (Phi) is 4.83. The minimum absolute atomic E-state index is 0.233. The van der Waals surface area contributed by atoms with Crippen molar-refractivity contribution in [1.29, 1.82) is 5.26 Å². The predicted molar refractivity (Wildman–Crippen MR) is 141 cm³/mol. The van der Waals surface area contributed by atoms with Crippen molar-refractivity contribution in [2.24, 2.45) is 0 Å². The molecule has 3 aromatic carbocycles. The lowest BCUT2D eigenvalue weighted by atomic mass is 10.1. The molecule has 3 aromatic heterocycles. The van der Waals surface area contributed by atoms with Crippen LogP contribution in [0, 0.1) is 32.1 Å². The molecule has 3 heterocycles. The maximum Gasteiger partial charge on any atom is 0.265 e. The molecule has 0 saturated carbocycles. The number of benzene rings is 3. The molecule has 0 radical (unpaired) electrons. The van der Waals surface area contributed by atoms with Crippen LogP contribution >= 0.6 is 0 Å². The van der Waals surface area contributed by atoms with Gasteiger partial charge in [0, 0.05) is 17.5 Å².